The number of rotatable bonds is 10. The molecule has 0 bridgehead atoms. The Bertz CT molecular complexity index is 1380. The van der Waals surface area contributed by atoms with Gasteiger partial charge in [-0.15, -0.1) is 0 Å². The van der Waals surface area contributed by atoms with E-state index in [-0.39, 0.29) is 25.0 Å². The highest BCUT2D eigenvalue weighted by atomic mass is 79.9. The van der Waals surface area contributed by atoms with E-state index >= 15 is 0 Å². The summed E-state index contributed by atoms with van der Waals surface area (Å²) in [5, 5.41) is 5.52. The summed E-state index contributed by atoms with van der Waals surface area (Å²) in [6, 6.07) is 28.0. The molecule has 0 unspecified atom stereocenters. The van der Waals surface area contributed by atoms with Crippen molar-refractivity contribution in [2.45, 2.75) is 25.9 Å². The molecule has 0 fully saturated rings. The molecule has 0 heterocycles. The van der Waals surface area contributed by atoms with Crippen LogP contribution in [0.3, 0.4) is 0 Å². The van der Waals surface area contributed by atoms with Gasteiger partial charge in [0.15, 0.2) is 6.61 Å². The number of ether oxygens (including phenoxy) is 1. The minimum Gasteiger partial charge on any atom is -0.483 e. The minimum atomic E-state index is -0.725. The average molecular weight is 580 g/mol. The van der Waals surface area contributed by atoms with Crippen molar-refractivity contribution in [2.75, 3.05) is 13.2 Å². The van der Waals surface area contributed by atoms with Gasteiger partial charge in [-0.05, 0) is 63.0 Å². The topological polar surface area (TPSA) is 58.6 Å². The highest BCUT2D eigenvalue weighted by Gasteiger charge is 2.30. The molecular weight excluding hydrogens is 552 g/mol. The fourth-order valence-corrected chi connectivity index (χ4v) is 5.05. The molecule has 4 aromatic carbocycles. The second-order valence-electron chi connectivity index (χ2n) is 8.64. The van der Waals surface area contributed by atoms with Crippen molar-refractivity contribution in [1.82, 2.24) is 10.2 Å². The molecular formula is C30H28BrClN2O3. The van der Waals surface area contributed by atoms with Crippen molar-refractivity contribution in [3.63, 3.8) is 0 Å². The van der Waals surface area contributed by atoms with Gasteiger partial charge in [0, 0.05) is 24.5 Å². The van der Waals surface area contributed by atoms with Gasteiger partial charge in [0.1, 0.15) is 11.8 Å². The molecule has 190 valence electrons. The molecule has 7 heteroatoms. The van der Waals surface area contributed by atoms with Crippen molar-refractivity contribution in [3.8, 4) is 5.75 Å². The van der Waals surface area contributed by atoms with E-state index in [2.05, 4.69) is 21.2 Å². The summed E-state index contributed by atoms with van der Waals surface area (Å²) in [7, 11) is 0. The van der Waals surface area contributed by atoms with E-state index in [0.29, 0.717) is 23.7 Å². The third-order valence-corrected chi connectivity index (χ3v) is 7.10. The Labute approximate surface area is 230 Å². The zero-order chi connectivity index (χ0) is 26.2. The van der Waals surface area contributed by atoms with Crippen LogP contribution in [0.5, 0.6) is 5.75 Å². The Morgan fingerprint density at radius 1 is 0.946 bits per heavy atom. The number of fused-ring (bicyclic) bond motifs is 1. The van der Waals surface area contributed by atoms with Crippen LogP contribution in [0.2, 0.25) is 5.02 Å². The number of amides is 2. The number of likely N-dealkylation sites (N-methyl/N-ethyl adjacent to an activating group) is 1. The van der Waals surface area contributed by atoms with Crippen molar-refractivity contribution in [2.24, 2.45) is 0 Å². The fraction of sp³-hybridized carbons (Fsp3) is 0.200. The number of halogens is 2. The molecule has 0 saturated carbocycles. The number of benzene rings is 4. The lowest BCUT2D eigenvalue weighted by Gasteiger charge is -2.31. The maximum Gasteiger partial charge on any atom is 0.261 e. The minimum absolute atomic E-state index is 0.214. The molecule has 0 spiro atoms. The predicted molar refractivity (Wildman–Crippen MR) is 152 cm³/mol. The lowest BCUT2D eigenvalue weighted by Crippen LogP contribution is -2.51. The van der Waals surface area contributed by atoms with Crippen molar-refractivity contribution < 1.29 is 14.3 Å². The maximum atomic E-state index is 13.7. The van der Waals surface area contributed by atoms with Gasteiger partial charge in [0.05, 0.1) is 4.47 Å². The quantitative estimate of drug-likeness (QED) is 0.236. The van der Waals surface area contributed by atoms with E-state index in [1.165, 1.54) is 0 Å². The monoisotopic (exact) mass is 578 g/mol. The number of hydrogen-bond donors (Lipinski definition) is 1. The molecule has 37 heavy (non-hydrogen) atoms. The molecule has 1 atom stereocenters. The molecule has 1 N–H and O–H groups in total. The Morgan fingerprint density at radius 3 is 2.43 bits per heavy atom. The number of carbonyl (C=O) groups excluding carboxylic acids is 2. The second kappa shape index (κ2) is 12.7. The number of nitrogens with one attached hydrogen (secondary N) is 1. The second-order valence-corrected chi connectivity index (χ2v) is 9.87. The standard InChI is InChI=1S/C30H28BrClN2O3/c1-2-33-30(36)26(18-21-9-4-3-5-10-21)34(19-22-11-8-13-24(32)17-22)28(35)20-37-27-16-15-23-12-6-7-14-25(23)29(27)31/h3-17,26H,2,18-20H2,1H3,(H,33,36)/t26-/m1/s1. The van der Waals surface area contributed by atoms with Gasteiger partial charge in [0.25, 0.3) is 5.91 Å². The molecule has 0 saturated heterocycles. The zero-order valence-corrected chi connectivity index (χ0v) is 22.8. The highest BCUT2D eigenvalue weighted by molar-refractivity contribution is 9.10. The van der Waals surface area contributed by atoms with Crippen LogP contribution in [-0.4, -0.2) is 35.9 Å². The van der Waals surface area contributed by atoms with Crippen LogP contribution in [0.15, 0.2) is 95.5 Å². The van der Waals surface area contributed by atoms with Crippen LogP contribution in [0.4, 0.5) is 0 Å². The molecule has 0 aliphatic rings. The summed E-state index contributed by atoms with van der Waals surface area (Å²) in [5.74, 6) is 0.0493. The van der Waals surface area contributed by atoms with Gasteiger partial charge in [-0.3, -0.25) is 9.59 Å². The Balaban J connectivity index is 1.63. The number of nitrogens with zero attached hydrogens (tertiary/aromatic N) is 1. The third kappa shape index (κ3) is 6.90. The van der Waals surface area contributed by atoms with Crippen LogP contribution >= 0.6 is 27.5 Å². The first-order chi connectivity index (χ1) is 18.0. The van der Waals surface area contributed by atoms with Gasteiger partial charge in [-0.1, -0.05) is 84.4 Å². The lowest BCUT2D eigenvalue weighted by atomic mass is 10.0. The van der Waals surface area contributed by atoms with Gasteiger partial charge in [-0.25, -0.2) is 0 Å². The van der Waals surface area contributed by atoms with Crippen LogP contribution in [0.25, 0.3) is 10.8 Å². The number of carbonyl (C=O) groups is 2. The Kier molecular flexibility index (Phi) is 9.20. The van der Waals surface area contributed by atoms with E-state index in [1.54, 1.807) is 17.0 Å². The maximum absolute atomic E-state index is 13.7. The zero-order valence-electron chi connectivity index (χ0n) is 20.5. The molecule has 5 nitrogen and oxygen atoms in total. The summed E-state index contributed by atoms with van der Waals surface area (Å²) >= 11 is 9.84. The molecule has 0 aliphatic heterocycles. The molecule has 0 aliphatic carbocycles. The van der Waals surface area contributed by atoms with Crippen molar-refractivity contribution in [3.05, 3.63) is 112 Å². The van der Waals surface area contributed by atoms with Gasteiger partial charge in [-0.2, -0.15) is 0 Å². The van der Waals surface area contributed by atoms with Gasteiger partial charge in [0.2, 0.25) is 5.91 Å². The van der Waals surface area contributed by atoms with Crippen molar-refractivity contribution >= 4 is 50.1 Å². The first kappa shape index (κ1) is 26.7. The summed E-state index contributed by atoms with van der Waals surface area (Å²) < 4.78 is 6.78. The normalized spacial score (nSPS) is 11.6. The first-order valence-corrected chi connectivity index (χ1v) is 13.3. The summed E-state index contributed by atoms with van der Waals surface area (Å²) in [6.45, 7) is 2.32. The number of hydrogen-bond acceptors (Lipinski definition) is 3. The SMILES string of the molecule is CCNC(=O)[C@@H](Cc1ccccc1)N(Cc1cccc(Cl)c1)C(=O)COc1ccc2ccccc2c1Br. The average Bonchev–Trinajstić information content (AvgIpc) is 2.91. The van der Waals surface area contributed by atoms with Crippen LogP contribution in [-0.2, 0) is 22.6 Å². The summed E-state index contributed by atoms with van der Waals surface area (Å²) in [5.41, 5.74) is 1.79. The van der Waals surface area contributed by atoms with Crippen molar-refractivity contribution in [1.29, 1.82) is 0 Å². The smallest absolute Gasteiger partial charge is 0.261 e. The molecule has 2 amide bonds. The van der Waals surface area contributed by atoms with E-state index in [4.69, 9.17) is 16.3 Å². The van der Waals surface area contributed by atoms with Crippen LogP contribution in [0, 0.1) is 0 Å². The van der Waals surface area contributed by atoms with Crippen LogP contribution in [0.1, 0.15) is 18.1 Å². The summed E-state index contributed by atoms with van der Waals surface area (Å²) in [6.07, 6.45) is 0.374. The van der Waals surface area contributed by atoms with E-state index in [9.17, 15) is 9.59 Å². The predicted octanol–water partition coefficient (Wildman–Crippen LogP) is 6.41. The molecule has 4 rings (SSSR count). The molecule has 0 aromatic heterocycles. The molecule has 0 radical (unpaired) electrons. The Morgan fingerprint density at radius 2 is 1.68 bits per heavy atom. The Hall–Kier alpha value is -3.35. The molecule has 4 aromatic rings. The van der Waals surface area contributed by atoms with Gasteiger partial charge >= 0.3 is 0 Å². The van der Waals surface area contributed by atoms with E-state index in [0.717, 1.165) is 26.4 Å². The van der Waals surface area contributed by atoms with Gasteiger partial charge < -0.3 is 15.0 Å². The van der Waals surface area contributed by atoms with Crippen LogP contribution < -0.4 is 10.1 Å². The third-order valence-electron chi connectivity index (χ3n) is 6.04. The highest BCUT2D eigenvalue weighted by Crippen LogP contribution is 2.33. The largest absolute Gasteiger partial charge is 0.483 e. The van der Waals surface area contributed by atoms with E-state index < -0.39 is 6.04 Å². The lowest BCUT2D eigenvalue weighted by molar-refractivity contribution is -0.142. The fourth-order valence-electron chi connectivity index (χ4n) is 4.23. The first-order valence-electron chi connectivity index (χ1n) is 12.1. The van der Waals surface area contributed by atoms with E-state index in [1.807, 2.05) is 85.8 Å². The summed E-state index contributed by atoms with van der Waals surface area (Å²) in [4.78, 5) is 28.5.